The Hall–Kier alpha value is -3.64. The number of nitrogens with zero attached hydrogens (tertiary/aromatic N) is 3. The quantitative estimate of drug-likeness (QED) is 0.407. The van der Waals surface area contributed by atoms with Crippen molar-refractivity contribution in [1.82, 2.24) is 25.4 Å². The molecule has 1 aliphatic carbocycles. The van der Waals surface area contributed by atoms with Gasteiger partial charge in [-0.1, -0.05) is 11.3 Å². The lowest BCUT2D eigenvalue weighted by Gasteiger charge is -2.37. The summed E-state index contributed by atoms with van der Waals surface area (Å²) in [5, 5.41) is 18.9. The SMILES string of the molecule is Cc1cc(COc2ccc(C(=O)N[C@@H]3CCN(C(=O)CO)C[C@@H]3c3n[nH]c(=O)s3)c(F)c2)c2c(n1)CCCC2. The van der Waals surface area contributed by atoms with Gasteiger partial charge in [-0.25, -0.2) is 9.49 Å². The van der Waals surface area contributed by atoms with Gasteiger partial charge in [-0.05, 0) is 68.4 Å². The Kier molecular flexibility index (Phi) is 8.03. The summed E-state index contributed by atoms with van der Waals surface area (Å²) in [6.07, 6.45) is 4.51. The van der Waals surface area contributed by atoms with Gasteiger partial charge < -0.3 is 20.1 Å². The van der Waals surface area contributed by atoms with Crippen molar-refractivity contribution < 1.29 is 23.8 Å². The van der Waals surface area contributed by atoms with Gasteiger partial charge in [0.25, 0.3) is 5.91 Å². The van der Waals surface area contributed by atoms with Gasteiger partial charge in [-0.3, -0.25) is 19.4 Å². The second kappa shape index (κ2) is 11.6. The molecule has 2 aromatic heterocycles. The molecular weight excluding hydrogens is 525 g/mol. The van der Waals surface area contributed by atoms with Gasteiger partial charge >= 0.3 is 4.87 Å². The number of carbonyl (C=O) groups excluding carboxylic acids is 2. The van der Waals surface area contributed by atoms with Crippen molar-refractivity contribution in [2.45, 2.75) is 57.6 Å². The van der Waals surface area contributed by atoms with E-state index in [4.69, 9.17) is 4.74 Å². The Morgan fingerprint density at radius 3 is 2.85 bits per heavy atom. The lowest BCUT2D eigenvalue weighted by atomic mass is 9.92. The molecule has 2 aliphatic rings. The summed E-state index contributed by atoms with van der Waals surface area (Å²) in [5.74, 6) is -1.94. The van der Waals surface area contributed by atoms with Crippen LogP contribution in [0.2, 0.25) is 0 Å². The maximum absolute atomic E-state index is 15.1. The molecule has 2 amide bonds. The average molecular weight is 556 g/mol. The van der Waals surface area contributed by atoms with Gasteiger partial charge in [0.15, 0.2) is 0 Å². The van der Waals surface area contributed by atoms with Crippen molar-refractivity contribution in [3.8, 4) is 5.75 Å². The second-order valence-corrected chi connectivity index (χ2v) is 10.9. The van der Waals surface area contributed by atoms with E-state index in [0.717, 1.165) is 54.0 Å². The summed E-state index contributed by atoms with van der Waals surface area (Å²) in [5.41, 5.74) is 4.18. The highest BCUT2D eigenvalue weighted by Gasteiger charge is 2.36. The van der Waals surface area contributed by atoms with Crippen LogP contribution in [-0.2, 0) is 24.2 Å². The van der Waals surface area contributed by atoms with E-state index in [1.54, 1.807) is 6.07 Å². The minimum atomic E-state index is -0.716. The first kappa shape index (κ1) is 26.9. The van der Waals surface area contributed by atoms with Gasteiger partial charge in [-0.2, -0.15) is 5.10 Å². The number of hydrogen-bond donors (Lipinski definition) is 3. The smallest absolute Gasteiger partial charge is 0.322 e. The molecule has 1 aliphatic heterocycles. The Labute approximate surface area is 228 Å². The average Bonchev–Trinajstić information content (AvgIpc) is 3.37. The van der Waals surface area contributed by atoms with Crippen LogP contribution in [0.25, 0.3) is 0 Å². The van der Waals surface area contributed by atoms with Gasteiger partial charge in [0.2, 0.25) is 5.91 Å². The Balaban J connectivity index is 1.27. The van der Waals surface area contributed by atoms with Crippen molar-refractivity contribution in [3.63, 3.8) is 0 Å². The fraction of sp³-hybridized carbons (Fsp3) is 0.444. The molecule has 39 heavy (non-hydrogen) atoms. The largest absolute Gasteiger partial charge is 0.489 e. The molecule has 0 bridgehead atoms. The highest BCUT2D eigenvalue weighted by Crippen LogP contribution is 2.29. The van der Waals surface area contributed by atoms with Crippen LogP contribution in [0.5, 0.6) is 5.75 Å². The molecule has 1 fully saturated rings. The predicted octanol–water partition coefficient (Wildman–Crippen LogP) is 2.24. The Bertz CT molecular complexity index is 1440. The zero-order valence-electron chi connectivity index (χ0n) is 21.5. The number of benzene rings is 1. The molecule has 3 aromatic rings. The number of rotatable bonds is 7. The van der Waals surface area contributed by atoms with Gasteiger partial charge in [-0.15, -0.1) is 0 Å². The number of ether oxygens (including phenoxy) is 1. The number of aromatic amines is 1. The first-order chi connectivity index (χ1) is 18.8. The number of aryl methyl sites for hydroxylation is 2. The molecule has 2 atom stereocenters. The summed E-state index contributed by atoms with van der Waals surface area (Å²) < 4.78 is 21.0. The van der Waals surface area contributed by atoms with Crippen LogP contribution in [0.1, 0.15) is 63.1 Å². The number of H-pyrrole nitrogens is 1. The number of hydrogen-bond acceptors (Lipinski definition) is 8. The molecule has 10 nitrogen and oxygen atoms in total. The topological polar surface area (TPSA) is 138 Å². The van der Waals surface area contributed by atoms with E-state index in [0.29, 0.717) is 23.7 Å². The summed E-state index contributed by atoms with van der Waals surface area (Å²) in [4.78, 5) is 42.6. The number of likely N-dealkylation sites (tertiary alicyclic amines) is 1. The number of amides is 2. The molecule has 12 heteroatoms. The zero-order valence-corrected chi connectivity index (χ0v) is 22.4. The number of nitrogens with one attached hydrogen (secondary N) is 2. The molecular formula is C27H30FN5O5S. The number of carbonyl (C=O) groups is 2. The molecule has 5 rings (SSSR count). The molecule has 206 valence electrons. The fourth-order valence-electron chi connectivity index (χ4n) is 5.35. The van der Waals surface area contributed by atoms with Crippen LogP contribution in [0.15, 0.2) is 29.1 Å². The van der Waals surface area contributed by atoms with Crippen molar-refractivity contribution >= 4 is 23.2 Å². The molecule has 0 radical (unpaired) electrons. The number of aromatic nitrogens is 3. The van der Waals surface area contributed by atoms with Crippen molar-refractivity contribution in [3.05, 3.63) is 72.8 Å². The lowest BCUT2D eigenvalue weighted by Crippen LogP contribution is -2.52. The Morgan fingerprint density at radius 2 is 2.10 bits per heavy atom. The van der Waals surface area contributed by atoms with Gasteiger partial charge in [0.1, 0.15) is 29.8 Å². The minimum Gasteiger partial charge on any atom is -0.489 e. The molecule has 0 unspecified atom stereocenters. The van der Waals surface area contributed by atoms with Crippen LogP contribution >= 0.6 is 11.3 Å². The third-order valence-corrected chi connectivity index (χ3v) is 8.17. The minimum absolute atomic E-state index is 0.137. The van der Waals surface area contributed by atoms with Gasteiger partial charge in [0, 0.05) is 36.6 Å². The maximum atomic E-state index is 15.1. The van der Waals surface area contributed by atoms with Crippen LogP contribution in [0.3, 0.4) is 0 Å². The zero-order chi connectivity index (χ0) is 27.5. The molecule has 0 spiro atoms. The molecule has 3 heterocycles. The third kappa shape index (κ3) is 6.01. The normalized spacial score (nSPS) is 18.9. The number of aliphatic hydroxyl groups excluding tert-OH is 1. The number of halogens is 1. The monoisotopic (exact) mass is 555 g/mol. The molecule has 1 saturated heterocycles. The second-order valence-electron chi connectivity index (χ2n) is 9.91. The first-order valence-corrected chi connectivity index (χ1v) is 13.8. The third-order valence-electron chi connectivity index (χ3n) is 7.29. The Morgan fingerprint density at radius 1 is 1.28 bits per heavy atom. The van der Waals surface area contributed by atoms with E-state index in [2.05, 4.69) is 20.5 Å². The van der Waals surface area contributed by atoms with E-state index in [-0.39, 0.29) is 23.6 Å². The first-order valence-electron chi connectivity index (χ1n) is 13.0. The summed E-state index contributed by atoms with van der Waals surface area (Å²) >= 11 is 0.892. The standard InChI is InChI=1S/C27H30FN5O5S/c1-15-10-16(18-4-2-3-5-22(18)29-15)14-38-17-6-7-19(21(28)11-17)25(36)30-23-8-9-33(24(35)13-34)12-20(23)26-31-32-27(37)39-26/h6-7,10-11,20,23,34H,2-5,8-9,12-14H2,1H3,(H,30,36)(H,32,37)/t20-,23+/m0/s1. The van der Waals surface area contributed by atoms with Crippen LogP contribution < -0.4 is 14.9 Å². The van der Waals surface area contributed by atoms with E-state index in [1.807, 2.05) is 13.0 Å². The van der Waals surface area contributed by atoms with Crippen LogP contribution in [-0.4, -0.2) is 62.7 Å². The maximum Gasteiger partial charge on any atom is 0.322 e. The summed E-state index contributed by atoms with van der Waals surface area (Å²) in [6, 6.07) is 5.68. The number of aliphatic hydroxyl groups is 1. The highest BCUT2D eigenvalue weighted by molar-refractivity contribution is 7.08. The van der Waals surface area contributed by atoms with Crippen molar-refractivity contribution in [2.24, 2.45) is 0 Å². The van der Waals surface area contributed by atoms with E-state index in [1.165, 1.54) is 22.6 Å². The van der Waals surface area contributed by atoms with Crippen LogP contribution in [0.4, 0.5) is 4.39 Å². The molecule has 3 N–H and O–H groups in total. The summed E-state index contributed by atoms with van der Waals surface area (Å²) in [6.45, 7) is 2.07. The van der Waals surface area contributed by atoms with Gasteiger partial charge in [0.05, 0.1) is 11.5 Å². The van der Waals surface area contributed by atoms with Crippen molar-refractivity contribution in [2.75, 3.05) is 19.7 Å². The van der Waals surface area contributed by atoms with Crippen LogP contribution in [0, 0.1) is 12.7 Å². The lowest BCUT2D eigenvalue weighted by molar-refractivity contribution is -0.135. The highest BCUT2D eigenvalue weighted by atomic mass is 32.1. The van der Waals surface area contributed by atoms with E-state index < -0.39 is 36.2 Å². The van der Waals surface area contributed by atoms with E-state index in [9.17, 15) is 19.5 Å². The molecule has 1 aromatic carbocycles. The van der Waals surface area contributed by atoms with Crippen molar-refractivity contribution in [1.29, 1.82) is 0 Å². The number of fused-ring (bicyclic) bond motifs is 1. The molecule has 0 saturated carbocycles. The number of pyridine rings is 1. The number of piperidine rings is 1. The predicted molar refractivity (Wildman–Crippen MR) is 141 cm³/mol. The van der Waals surface area contributed by atoms with E-state index >= 15 is 4.39 Å². The summed E-state index contributed by atoms with van der Waals surface area (Å²) in [7, 11) is 0. The fourth-order valence-corrected chi connectivity index (χ4v) is 6.11.